The number of halogens is 1. The van der Waals surface area contributed by atoms with Gasteiger partial charge in [-0.1, -0.05) is 55.8 Å². The summed E-state index contributed by atoms with van der Waals surface area (Å²) >= 11 is 6.30. The van der Waals surface area contributed by atoms with Gasteiger partial charge in [0.1, 0.15) is 5.60 Å². The second-order valence-electron chi connectivity index (χ2n) is 10.8. The van der Waals surface area contributed by atoms with E-state index in [1.807, 2.05) is 29.2 Å². The SMILES string of the molecule is COC(=O)NCCO[C@@H](c1cccc(Cl)c1)[C@@H]1CCCN(C(=O)O[C@@]2(CC3CCCCC3)CCNC2)C1. The Labute approximate surface area is 225 Å². The van der Waals surface area contributed by atoms with E-state index in [2.05, 4.69) is 15.4 Å². The van der Waals surface area contributed by atoms with Gasteiger partial charge in [-0.15, -0.1) is 0 Å². The number of hydrogen-bond donors (Lipinski definition) is 2. The Morgan fingerprint density at radius 1 is 1.22 bits per heavy atom. The Morgan fingerprint density at radius 3 is 2.78 bits per heavy atom. The molecule has 0 spiro atoms. The van der Waals surface area contributed by atoms with Crippen LogP contribution in [-0.4, -0.2) is 69.1 Å². The molecule has 2 amide bonds. The number of hydrogen-bond acceptors (Lipinski definition) is 6. The second-order valence-corrected chi connectivity index (χ2v) is 11.2. The molecule has 1 aliphatic carbocycles. The minimum absolute atomic E-state index is 0.0916. The van der Waals surface area contributed by atoms with Crippen molar-refractivity contribution in [2.45, 2.75) is 69.5 Å². The summed E-state index contributed by atoms with van der Waals surface area (Å²) in [4.78, 5) is 26.8. The molecule has 2 heterocycles. The lowest BCUT2D eigenvalue weighted by atomic mass is 9.80. The van der Waals surface area contributed by atoms with E-state index in [4.69, 9.17) is 21.1 Å². The van der Waals surface area contributed by atoms with Crippen LogP contribution in [0.4, 0.5) is 9.59 Å². The van der Waals surface area contributed by atoms with E-state index in [0.29, 0.717) is 37.2 Å². The fourth-order valence-electron chi connectivity index (χ4n) is 6.21. The minimum Gasteiger partial charge on any atom is -0.453 e. The quantitative estimate of drug-likeness (QED) is 0.417. The monoisotopic (exact) mass is 535 g/mol. The Hall–Kier alpha value is -2.03. The summed E-state index contributed by atoms with van der Waals surface area (Å²) in [5.41, 5.74) is 0.577. The van der Waals surface area contributed by atoms with Crippen molar-refractivity contribution in [3.63, 3.8) is 0 Å². The molecule has 2 N–H and O–H groups in total. The number of nitrogens with one attached hydrogen (secondary N) is 2. The van der Waals surface area contributed by atoms with Crippen molar-refractivity contribution in [3.05, 3.63) is 34.9 Å². The summed E-state index contributed by atoms with van der Waals surface area (Å²) in [5.74, 6) is 0.739. The maximum atomic E-state index is 13.5. The number of rotatable bonds is 9. The smallest absolute Gasteiger partial charge is 0.410 e. The van der Waals surface area contributed by atoms with Crippen LogP contribution < -0.4 is 10.6 Å². The fraction of sp³-hybridized carbons (Fsp3) is 0.714. The molecule has 0 bridgehead atoms. The molecule has 1 aromatic carbocycles. The largest absolute Gasteiger partial charge is 0.453 e. The number of likely N-dealkylation sites (tertiary alicyclic amines) is 1. The van der Waals surface area contributed by atoms with Gasteiger partial charge in [0.15, 0.2) is 0 Å². The van der Waals surface area contributed by atoms with Crippen LogP contribution in [0.15, 0.2) is 24.3 Å². The van der Waals surface area contributed by atoms with Gasteiger partial charge in [-0.3, -0.25) is 0 Å². The first-order valence-electron chi connectivity index (χ1n) is 13.9. The number of carbonyl (C=O) groups excluding carboxylic acids is 2. The molecule has 1 aromatic rings. The zero-order chi connectivity index (χ0) is 26.1. The Bertz CT molecular complexity index is 888. The van der Waals surface area contributed by atoms with Crippen LogP contribution in [0.1, 0.15) is 69.5 Å². The van der Waals surface area contributed by atoms with Crippen molar-refractivity contribution < 1.29 is 23.8 Å². The molecule has 37 heavy (non-hydrogen) atoms. The summed E-state index contributed by atoms with van der Waals surface area (Å²) in [6.45, 7) is 3.55. The lowest BCUT2D eigenvalue weighted by Gasteiger charge is -2.39. The van der Waals surface area contributed by atoms with Crippen molar-refractivity contribution in [2.75, 3.05) is 46.4 Å². The highest BCUT2D eigenvalue weighted by molar-refractivity contribution is 6.30. The van der Waals surface area contributed by atoms with Gasteiger partial charge in [0.2, 0.25) is 0 Å². The van der Waals surface area contributed by atoms with Crippen LogP contribution in [-0.2, 0) is 14.2 Å². The van der Waals surface area contributed by atoms with Crippen LogP contribution in [0.5, 0.6) is 0 Å². The first-order valence-corrected chi connectivity index (χ1v) is 14.2. The van der Waals surface area contributed by atoms with Crippen molar-refractivity contribution in [3.8, 4) is 0 Å². The zero-order valence-corrected chi connectivity index (χ0v) is 22.8. The van der Waals surface area contributed by atoms with E-state index >= 15 is 0 Å². The molecule has 0 aromatic heterocycles. The Morgan fingerprint density at radius 2 is 2.05 bits per heavy atom. The molecular formula is C28H42ClN3O5. The average molecular weight is 536 g/mol. The summed E-state index contributed by atoms with van der Waals surface area (Å²) < 4.78 is 17.3. The molecule has 9 heteroatoms. The topological polar surface area (TPSA) is 89.1 Å². The normalized spacial score (nSPS) is 25.5. The maximum Gasteiger partial charge on any atom is 0.410 e. The Kier molecular flexibility index (Phi) is 10.3. The fourth-order valence-corrected chi connectivity index (χ4v) is 6.41. The number of alkyl carbamates (subject to hydrolysis) is 1. The van der Waals surface area contributed by atoms with Gasteiger partial charge in [0, 0.05) is 43.5 Å². The van der Waals surface area contributed by atoms with E-state index in [1.165, 1.54) is 39.2 Å². The lowest BCUT2D eigenvalue weighted by molar-refractivity contribution is -0.0387. The molecule has 8 nitrogen and oxygen atoms in total. The molecule has 3 aliphatic rings. The highest BCUT2D eigenvalue weighted by Gasteiger charge is 2.42. The summed E-state index contributed by atoms with van der Waals surface area (Å²) in [7, 11) is 1.33. The molecule has 3 atom stereocenters. The van der Waals surface area contributed by atoms with Crippen molar-refractivity contribution in [1.82, 2.24) is 15.5 Å². The second kappa shape index (κ2) is 13.7. The van der Waals surface area contributed by atoms with Crippen molar-refractivity contribution in [1.29, 1.82) is 0 Å². The van der Waals surface area contributed by atoms with Crippen LogP contribution in [0, 0.1) is 11.8 Å². The number of benzene rings is 1. The molecular weight excluding hydrogens is 494 g/mol. The predicted molar refractivity (Wildman–Crippen MR) is 143 cm³/mol. The third kappa shape index (κ3) is 7.98. The summed E-state index contributed by atoms with van der Waals surface area (Å²) in [5, 5.41) is 6.74. The summed E-state index contributed by atoms with van der Waals surface area (Å²) in [6, 6.07) is 7.68. The number of methoxy groups -OCH3 is 1. The van der Waals surface area contributed by atoms with Gasteiger partial charge in [-0.25, -0.2) is 9.59 Å². The molecule has 3 fully saturated rings. The molecule has 0 unspecified atom stereocenters. The molecule has 2 saturated heterocycles. The molecule has 4 rings (SSSR count). The first-order chi connectivity index (χ1) is 18.0. The van der Waals surface area contributed by atoms with E-state index < -0.39 is 11.7 Å². The van der Waals surface area contributed by atoms with Gasteiger partial charge in [0.25, 0.3) is 0 Å². The minimum atomic E-state index is -0.488. The first kappa shape index (κ1) is 28.0. The van der Waals surface area contributed by atoms with Gasteiger partial charge >= 0.3 is 12.2 Å². The molecule has 206 valence electrons. The van der Waals surface area contributed by atoms with Crippen LogP contribution in [0.3, 0.4) is 0 Å². The van der Waals surface area contributed by atoms with Crippen molar-refractivity contribution in [2.24, 2.45) is 11.8 Å². The maximum absolute atomic E-state index is 13.5. The highest BCUT2D eigenvalue weighted by Crippen LogP contribution is 2.37. The highest BCUT2D eigenvalue weighted by atomic mass is 35.5. The van der Waals surface area contributed by atoms with E-state index in [-0.39, 0.29) is 18.1 Å². The van der Waals surface area contributed by atoms with E-state index in [1.54, 1.807) is 0 Å². The molecule has 1 saturated carbocycles. The van der Waals surface area contributed by atoms with Gasteiger partial charge in [-0.05, 0) is 49.4 Å². The van der Waals surface area contributed by atoms with Crippen LogP contribution >= 0.6 is 11.6 Å². The number of amides is 2. The zero-order valence-electron chi connectivity index (χ0n) is 22.0. The Balaban J connectivity index is 1.40. The third-order valence-electron chi connectivity index (χ3n) is 8.07. The summed E-state index contributed by atoms with van der Waals surface area (Å²) in [6.07, 6.45) is 9.10. The lowest BCUT2D eigenvalue weighted by Crippen LogP contribution is -2.48. The van der Waals surface area contributed by atoms with Crippen molar-refractivity contribution >= 4 is 23.8 Å². The van der Waals surface area contributed by atoms with E-state index in [0.717, 1.165) is 44.3 Å². The predicted octanol–water partition coefficient (Wildman–Crippen LogP) is 5.30. The third-order valence-corrected chi connectivity index (χ3v) is 8.30. The van der Waals surface area contributed by atoms with Gasteiger partial charge in [0.05, 0.1) is 19.8 Å². The van der Waals surface area contributed by atoms with Crippen LogP contribution in [0.25, 0.3) is 0 Å². The standard InChI is InChI=1S/C28H42ClN3O5/c1-35-26(33)31-14-16-36-25(22-9-5-11-24(29)17-22)23-10-6-15-32(19-23)27(34)37-28(12-13-30-20-28)18-21-7-3-2-4-8-21/h5,9,11,17,21,23,25,30H,2-4,6-8,10,12-16,18-20H2,1H3,(H,31,33)/t23-,25+,28-/m1/s1. The average Bonchev–Trinajstić information content (AvgIpc) is 3.36. The molecule has 0 radical (unpaired) electrons. The number of carbonyl (C=O) groups is 2. The van der Waals surface area contributed by atoms with Crippen LogP contribution in [0.2, 0.25) is 5.02 Å². The number of ether oxygens (including phenoxy) is 3. The molecule has 2 aliphatic heterocycles. The van der Waals surface area contributed by atoms with E-state index in [9.17, 15) is 9.59 Å². The van der Waals surface area contributed by atoms with Gasteiger partial charge < -0.3 is 29.7 Å². The number of nitrogens with zero attached hydrogens (tertiary/aromatic N) is 1. The number of piperidine rings is 1. The van der Waals surface area contributed by atoms with Gasteiger partial charge in [-0.2, -0.15) is 0 Å².